The largest absolute Gasteiger partial charge is 0.348 e. The van der Waals surface area contributed by atoms with Gasteiger partial charge in [-0.3, -0.25) is 9.89 Å². The minimum atomic E-state index is -0.180. The van der Waals surface area contributed by atoms with Gasteiger partial charge in [0.05, 0.1) is 16.8 Å². The number of carbonyl (C=O) groups excluding carboxylic acids is 1. The molecular formula is C13H14ClN3O. The molecule has 0 atom stereocenters. The van der Waals surface area contributed by atoms with Gasteiger partial charge in [0.1, 0.15) is 0 Å². The average molecular weight is 264 g/mol. The van der Waals surface area contributed by atoms with Gasteiger partial charge in [-0.15, -0.1) is 0 Å². The molecule has 0 saturated carbocycles. The normalized spacial score (nSPS) is 10.4. The zero-order valence-electron chi connectivity index (χ0n) is 10.2. The molecule has 1 heterocycles. The molecule has 5 heteroatoms. The fourth-order valence-electron chi connectivity index (χ4n) is 1.63. The number of carbonyl (C=O) groups is 1. The molecule has 2 aromatic rings. The van der Waals surface area contributed by atoms with E-state index in [0.717, 1.165) is 16.8 Å². The lowest BCUT2D eigenvalue weighted by atomic mass is 10.1. The summed E-state index contributed by atoms with van der Waals surface area (Å²) in [5, 5.41) is 10.0. The van der Waals surface area contributed by atoms with Crippen LogP contribution in [-0.4, -0.2) is 16.1 Å². The number of benzene rings is 1. The second-order valence-corrected chi connectivity index (χ2v) is 4.59. The van der Waals surface area contributed by atoms with Crippen molar-refractivity contribution < 1.29 is 4.79 Å². The Bertz CT molecular complexity index is 577. The molecule has 18 heavy (non-hydrogen) atoms. The van der Waals surface area contributed by atoms with Crippen molar-refractivity contribution in [2.45, 2.75) is 20.4 Å². The summed E-state index contributed by atoms with van der Waals surface area (Å²) in [7, 11) is 0. The fourth-order valence-corrected chi connectivity index (χ4v) is 1.95. The first kappa shape index (κ1) is 12.6. The van der Waals surface area contributed by atoms with E-state index < -0.39 is 0 Å². The quantitative estimate of drug-likeness (QED) is 0.894. The predicted octanol–water partition coefficient (Wildman–Crippen LogP) is 2.61. The molecule has 0 fully saturated rings. The molecule has 0 radical (unpaired) electrons. The highest BCUT2D eigenvalue weighted by molar-refractivity contribution is 6.33. The number of aromatic nitrogens is 2. The number of nitrogens with one attached hydrogen (secondary N) is 2. The standard InChI is InChI=1S/C13H14ClN3O/c1-8-3-4-11(12(14)5-8)13(18)15-6-10-7-16-17-9(10)2/h3-5,7H,6H2,1-2H3,(H,15,18)(H,16,17). The van der Waals surface area contributed by atoms with Gasteiger partial charge in [-0.1, -0.05) is 17.7 Å². The predicted molar refractivity (Wildman–Crippen MR) is 70.7 cm³/mol. The maximum atomic E-state index is 12.0. The average Bonchev–Trinajstić information content (AvgIpc) is 2.72. The van der Waals surface area contributed by atoms with Crippen LogP contribution in [0, 0.1) is 13.8 Å². The van der Waals surface area contributed by atoms with Crippen molar-refractivity contribution in [1.29, 1.82) is 0 Å². The summed E-state index contributed by atoms with van der Waals surface area (Å²) in [6.07, 6.45) is 1.70. The monoisotopic (exact) mass is 263 g/mol. The molecule has 0 spiro atoms. The van der Waals surface area contributed by atoms with E-state index in [2.05, 4.69) is 15.5 Å². The summed E-state index contributed by atoms with van der Waals surface area (Å²) < 4.78 is 0. The minimum Gasteiger partial charge on any atom is -0.348 e. The van der Waals surface area contributed by atoms with Gasteiger partial charge in [0.15, 0.2) is 0 Å². The minimum absolute atomic E-state index is 0.180. The number of hydrogen-bond donors (Lipinski definition) is 2. The molecule has 2 N–H and O–H groups in total. The van der Waals surface area contributed by atoms with Crippen LogP contribution in [0.2, 0.25) is 5.02 Å². The lowest BCUT2D eigenvalue weighted by Crippen LogP contribution is -2.23. The summed E-state index contributed by atoms with van der Waals surface area (Å²) >= 11 is 6.04. The SMILES string of the molecule is Cc1ccc(C(=O)NCc2cn[nH]c2C)c(Cl)c1. The molecule has 1 amide bonds. The maximum absolute atomic E-state index is 12.0. The first-order valence-corrected chi connectivity index (χ1v) is 5.99. The molecule has 0 unspecified atom stereocenters. The van der Waals surface area contributed by atoms with Crippen LogP contribution in [0.4, 0.5) is 0 Å². The van der Waals surface area contributed by atoms with E-state index in [9.17, 15) is 4.79 Å². The number of amides is 1. The Morgan fingerprint density at radius 2 is 2.22 bits per heavy atom. The van der Waals surface area contributed by atoms with E-state index in [4.69, 9.17) is 11.6 Å². The second-order valence-electron chi connectivity index (χ2n) is 4.19. The molecule has 1 aromatic heterocycles. The van der Waals surface area contributed by atoms with Crippen LogP contribution in [-0.2, 0) is 6.54 Å². The van der Waals surface area contributed by atoms with Crippen molar-refractivity contribution in [2.75, 3.05) is 0 Å². The van der Waals surface area contributed by atoms with Crippen molar-refractivity contribution in [3.8, 4) is 0 Å². The summed E-state index contributed by atoms with van der Waals surface area (Å²) in [5.41, 5.74) is 3.43. The number of nitrogens with zero attached hydrogens (tertiary/aromatic N) is 1. The van der Waals surface area contributed by atoms with E-state index in [-0.39, 0.29) is 5.91 Å². The number of aryl methyl sites for hydroxylation is 2. The van der Waals surface area contributed by atoms with Crippen molar-refractivity contribution in [3.63, 3.8) is 0 Å². The molecule has 2 rings (SSSR count). The number of H-pyrrole nitrogens is 1. The molecule has 0 aliphatic heterocycles. The molecule has 4 nitrogen and oxygen atoms in total. The van der Waals surface area contributed by atoms with E-state index in [1.807, 2.05) is 19.9 Å². The number of aromatic amines is 1. The van der Waals surface area contributed by atoms with Crippen LogP contribution in [0.1, 0.15) is 27.2 Å². The molecule has 0 saturated heterocycles. The highest BCUT2D eigenvalue weighted by atomic mass is 35.5. The zero-order chi connectivity index (χ0) is 13.1. The Morgan fingerprint density at radius 3 is 2.83 bits per heavy atom. The Morgan fingerprint density at radius 1 is 1.44 bits per heavy atom. The van der Waals surface area contributed by atoms with Gasteiger partial charge in [0.25, 0.3) is 5.91 Å². The van der Waals surface area contributed by atoms with E-state index in [1.165, 1.54) is 0 Å². The smallest absolute Gasteiger partial charge is 0.253 e. The van der Waals surface area contributed by atoms with Gasteiger partial charge >= 0.3 is 0 Å². The number of rotatable bonds is 3. The summed E-state index contributed by atoms with van der Waals surface area (Å²) in [6, 6.07) is 5.37. The molecule has 1 aromatic carbocycles. The van der Waals surface area contributed by atoms with Gasteiger partial charge in [-0.05, 0) is 31.5 Å². The third-order valence-electron chi connectivity index (χ3n) is 2.74. The van der Waals surface area contributed by atoms with Gasteiger partial charge in [0.2, 0.25) is 0 Å². The van der Waals surface area contributed by atoms with Crippen LogP contribution in [0.5, 0.6) is 0 Å². The van der Waals surface area contributed by atoms with E-state index in [0.29, 0.717) is 17.1 Å². The Balaban J connectivity index is 2.06. The van der Waals surface area contributed by atoms with Crippen LogP contribution >= 0.6 is 11.6 Å². The third kappa shape index (κ3) is 2.71. The van der Waals surface area contributed by atoms with Crippen molar-refractivity contribution >= 4 is 17.5 Å². The van der Waals surface area contributed by atoms with Gasteiger partial charge in [-0.2, -0.15) is 5.10 Å². The highest BCUT2D eigenvalue weighted by Crippen LogP contribution is 2.17. The van der Waals surface area contributed by atoms with E-state index >= 15 is 0 Å². The van der Waals surface area contributed by atoms with Gasteiger partial charge < -0.3 is 5.32 Å². The van der Waals surface area contributed by atoms with Crippen molar-refractivity contribution in [1.82, 2.24) is 15.5 Å². The summed E-state index contributed by atoms with van der Waals surface area (Å²) in [4.78, 5) is 12.0. The zero-order valence-corrected chi connectivity index (χ0v) is 11.0. The van der Waals surface area contributed by atoms with Crippen LogP contribution < -0.4 is 5.32 Å². The lowest BCUT2D eigenvalue weighted by Gasteiger charge is -2.06. The first-order valence-electron chi connectivity index (χ1n) is 5.61. The maximum Gasteiger partial charge on any atom is 0.253 e. The van der Waals surface area contributed by atoms with E-state index in [1.54, 1.807) is 18.3 Å². The van der Waals surface area contributed by atoms with Gasteiger partial charge in [-0.25, -0.2) is 0 Å². The molecule has 0 bridgehead atoms. The first-order chi connectivity index (χ1) is 8.58. The number of hydrogen-bond acceptors (Lipinski definition) is 2. The Kier molecular flexibility index (Phi) is 3.67. The Labute approximate surface area is 110 Å². The highest BCUT2D eigenvalue weighted by Gasteiger charge is 2.10. The molecule has 0 aliphatic carbocycles. The Hall–Kier alpha value is -1.81. The molecule has 94 valence electrons. The van der Waals surface area contributed by atoms with Crippen LogP contribution in [0.25, 0.3) is 0 Å². The fraction of sp³-hybridized carbons (Fsp3) is 0.231. The lowest BCUT2D eigenvalue weighted by molar-refractivity contribution is 0.0951. The third-order valence-corrected chi connectivity index (χ3v) is 3.06. The molecule has 0 aliphatic rings. The second kappa shape index (κ2) is 5.23. The summed E-state index contributed by atoms with van der Waals surface area (Å²) in [6.45, 7) is 4.28. The van der Waals surface area contributed by atoms with Crippen molar-refractivity contribution in [3.05, 3.63) is 51.8 Å². The van der Waals surface area contributed by atoms with Crippen molar-refractivity contribution in [2.24, 2.45) is 0 Å². The summed E-state index contributed by atoms with van der Waals surface area (Å²) in [5.74, 6) is -0.180. The molecular weight excluding hydrogens is 250 g/mol. The van der Waals surface area contributed by atoms with Crippen LogP contribution in [0.15, 0.2) is 24.4 Å². The topological polar surface area (TPSA) is 57.8 Å². The van der Waals surface area contributed by atoms with Crippen LogP contribution in [0.3, 0.4) is 0 Å². The number of halogens is 1. The van der Waals surface area contributed by atoms with Gasteiger partial charge in [0, 0.05) is 17.8 Å².